The van der Waals surface area contributed by atoms with Crippen LogP contribution in [0.1, 0.15) is 40.5 Å². The molecule has 0 saturated carbocycles. The average molecular weight is 247 g/mol. The Bertz CT molecular complexity index is 213. The summed E-state index contributed by atoms with van der Waals surface area (Å²) in [5.41, 5.74) is 0. The second-order valence-corrected chi connectivity index (χ2v) is 3.54. The maximum atomic E-state index is 11.2. The Morgan fingerprint density at radius 1 is 1.44 bits per heavy atom. The molecule has 96 valence electrons. The Morgan fingerprint density at radius 3 is 2.81 bits per heavy atom. The predicted molar refractivity (Wildman–Crippen MR) is 73.9 cm³/mol. The van der Waals surface area contributed by atoms with E-state index < -0.39 is 0 Å². The van der Waals surface area contributed by atoms with E-state index in [1.54, 1.807) is 0 Å². The molecule has 0 aromatic carbocycles. The van der Waals surface area contributed by atoms with E-state index in [-0.39, 0.29) is 13.6 Å². The molecule has 2 atom stereocenters. The van der Waals surface area contributed by atoms with Crippen LogP contribution in [0.25, 0.3) is 0 Å². The zero-order chi connectivity index (χ0) is 12.2. The molecule has 4 heteroatoms. The van der Waals surface area contributed by atoms with Crippen molar-refractivity contribution in [2.75, 3.05) is 13.2 Å². The van der Waals surface area contributed by atoms with Crippen molar-refractivity contribution in [1.82, 2.24) is 5.32 Å². The molecule has 0 spiro atoms. The highest BCUT2D eigenvalue weighted by molar-refractivity contribution is 7.15. The van der Waals surface area contributed by atoms with Gasteiger partial charge in [-0.05, 0) is 39.0 Å². The largest absolute Gasteiger partial charge is 0.446 e. The normalized spacial score (nSPS) is 21.8. The fourth-order valence-electron chi connectivity index (χ4n) is 1.58. The molecule has 1 N–H and O–H groups in total. The molecule has 0 aliphatic heterocycles. The number of allylic oxidation sites excluding steroid dienone is 2. The molecule has 0 aromatic heterocycles. The fraction of sp³-hybridized carbons (Fsp3) is 0.750. The molecule has 0 aromatic rings. The van der Waals surface area contributed by atoms with Gasteiger partial charge in [-0.3, -0.25) is 0 Å². The first-order chi connectivity index (χ1) is 7.83. The van der Waals surface area contributed by atoms with Gasteiger partial charge in [-0.2, -0.15) is 0 Å². The van der Waals surface area contributed by atoms with E-state index >= 15 is 0 Å². The van der Waals surface area contributed by atoms with Crippen LogP contribution in [0.5, 0.6) is 0 Å². The molecule has 0 saturated heterocycles. The minimum Gasteiger partial charge on any atom is -0.446 e. The van der Waals surface area contributed by atoms with Gasteiger partial charge in [0.05, 0.1) is 0 Å². The first-order valence-corrected chi connectivity index (χ1v) is 7.15. The lowest BCUT2D eigenvalue weighted by Crippen LogP contribution is -2.28. The van der Waals surface area contributed by atoms with Crippen LogP contribution in [-0.2, 0) is 4.74 Å². The Morgan fingerprint density at radius 2 is 2.12 bits per heavy atom. The summed E-state index contributed by atoms with van der Waals surface area (Å²) >= 11 is 0. The third kappa shape index (κ3) is 7.70. The van der Waals surface area contributed by atoms with Crippen LogP contribution >= 0.6 is 9.24 Å². The van der Waals surface area contributed by atoms with Crippen molar-refractivity contribution in [2.24, 2.45) is 0 Å². The standard InChI is InChI=1S/C11H19NO2.CH5P.H2/c1-2-12-11(13)14-10-8-6-4-3-5-7-9-10;1-2;/h3-4,10H,2,5-9H2,1H3,(H,12,13);2H2,1H3;1H/b4-3+;;. The van der Waals surface area contributed by atoms with Crippen LogP contribution in [0.2, 0.25) is 0 Å². The second kappa shape index (κ2) is 10.9. The first kappa shape index (κ1) is 15.4. The molecule has 1 rings (SSSR count). The van der Waals surface area contributed by atoms with E-state index in [1.165, 1.54) is 0 Å². The van der Waals surface area contributed by atoms with Crippen molar-refractivity contribution in [2.45, 2.75) is 45.1 Å². The lowest BCUT2D eigenvalue weighted by Gasteiger charge is -2.18. The van der Waals surface area contributed by atoms with E-state index in [1.807, 2.05) is 13.6 Å². The Labute approximate surface area is 103 Å². The van der Waals surface area contributed by atoms with Gasteiger partial charge in [0.1, 0.15) is 6.10 Å². The highest BCUT2D eigenvalue weighted by Crippen LogP contribution is 2.15. The van der Waals surface area contributed by atoms with Crippen molar-refractivity contribution in [3.63, 3.8) is 0 Å². The molecular formula is C12H26NO2P. The molecule has 3 nitrogen and oxygen atoms in total. The SMILES string of the molecule is CCNC(=O)OC1CC/C=C/CCC1.CP.[HH]. The number of amides is 1. The molecule has 1 aliphatic rings. The second-order valence-electron chi connectivity index (χ2n) is 3.54. The number of ether oxygens (including phenoxy) is 1. The third-order valence-corrected chi connectivity index (χ3v) is 2.31. The topological polar surface area (TPSA) is 38.3 Å². The smallest absolute Gasteiger partial charge is 0.407 e. The number of rotatable bonds is 2. The van der Waals surface area contributed by atoms with Crippen molar-refractivity contribution < 1.29 is 11.0 Å². The van der Waals surface area contributed by atoms with Crippen LogP contribution in [0.15, 0.2) is 12.2 Å². The number of alkyl carbamates (subject to hydrolysis) is 1. The van der Waals surface area contributed by atoms with Gasteiger partial charge >= 0.3 is 6.09 Å². The lowest BCUT2D eigenvalue weighted by molar-refractivity contribution is 0.0868. The molecular weight excluding hydrogens is 221 g/mol. The maximum Gasteiger partial charge on any atom is 0.407 e. The van der Waals surface area contributed by atoms with E-state index in [0.29, 0.717) is 6.54 Å². The van der Waals surface area contributed by atoms with E-state index in [9.17, 15) is 4.79 Å². The Kier molecular flexibility index (Phi) is 10.6. The zero-order valence-electron chi connectivity index (χ0n) is 10.4. The van der Waals surface area contributed by atoms with Crippen LogP contribution in [0.3, 0.4) is 0 Å². The number of carbonyl (C=O) groups is 1. The number of nitrogens with one attached hydrogen (secondary N) is 1. The molecule has 2 unspecified atom stereocenters. The minimum absolute atomic E-state index is 0. The van der Waals surface area contributed by atoms with Crippen LogP contribution in [-0.4, -0.2) is 25.4 Å². The van der Waals surface area contributed by atoms with Crippen molar-refractivity contribution >= 4 is 15.3 Å². The zero-order valence-corrected chi connectivity index (χ0v) is 11.5. The number of hydrogen-bond donors (Lipinski definition) is 1. The average Bonchev–Trinajstić information content (AvgIpc) is 2.25. The van der Waals surface area contributed by atoms with Crippen molar-refractivity contribution in [3.05, 3.63) is 12.2 Å². The first-order valence-electron chi connectivity index (χ1n) is 6.00. The monoisotopic (exact) mass is 247 g/mol. The summed E-state index contributed by atoms with van der Waals surface area (Å²) in [7, 11) is 2.42. The summed E-state index contributed by atoms with van der Waals surface area (Å²) in [4.78, 5) is 11.2. The van der Waals surface area contributed by atoms with Crippen LogP contribution in [0, 0.1) is 0 Å². The van der Waals surface area contributed by atoms with Gasteiger partial charge in [-0.15, -0.1) is 9.24 Å². The van der Waals surface area contributed by atoms with Gasteiger partial charge in [-0.25, -0.2) is 4.79 Å². The van der Waals surface area contributed by atoms with E-state index in [4.69, 9.17) is 4.74 Å². The molecule has 0 radical (unpaired) electrons. The van der Waals surface area contributed by atoms with E-state index in [2.05, 4.69) is 26.7 Å². The minimum atomic E-state index is -0.276. The summed E-state index contributed by atoms with van der Waals surface area (Å²) in [5.74, 6) is 0. The summed E-state index contributed by atoms with van der Waals surface area (Å²) in [5, 5.41) is 2.65. The van der Waals surface area contributed by atoms with Gasteiger partial charge in [-0.1, -0.05) is 18.8 Å². The Hall–Kier alpha value is -0.560. The third-order valence-electron chi connectivity index (χ3n) is 2.31. The van der Waals surface area contributed by atoms with E-state index in [0.717, 1.165) is 32.1 Å². The van der Waals surface area contributed by atoms with Crippen LogP contribution < -0.4 is 5.32 Å². The van der Waals surface area contributed by atoms with Crippen molar-refractivity contribution in [3.8, 4) is 0 Å². The van der Waals surface area contributed by atoms with Crippen LogP contribution in [0.4, 0.5) is 4.79 Å². The molecule has 16 heavy (non-hydrogen) atoms. The van der Waals surface area contributed by atoms with Gasteiger partial charge in [0, 0.05) is 7.97 Å². The quantitative estimate of drug-likeness (QED) is 0.600. The highest BCUT2D eigenvalue weighted by Gasteiger charge is 2.13. The molecule has 0 heterocycles. The van der Waals surface area contributed by atoms with Gasteiger partial charge in [0.25, 0.3) is 0 Å². The highest BCUT2D eigenvalue weighted by atomic mass is 31.0. The molecule has 1 amide bonds. The predicted octanol–water partition coefficient (Wildman–Crippen LogP) is 3.36. The summed E-state index contributed by atoms with van der Waals surface area (Å²) in [6.07, 6.45) is 9.39. The van der Waals surface area contributed by atoms with Gasteiger partial charge in [0.15, 0.2) is 0 Å². The van der Waals surface area contributed by atoms with Gasteiger partial charge in [0.2, 0.25) is 0 Å². The number of hydrogen-bond acceptors (Lipinski definition) is 2. The maximum absolute atomic E-state index is 11.2. The molecule has 0 bridgehead atoms. The summed E-state index contributed by atoms with van der Waals surface area (Å²) < 4.78 is 5.28. The van der Waals surface area contributed by atoms with Gasteiger partial charge < -0.3 is 10.1 Å². The molecule has 0 fully saturated rings. The Balaban J connectivity index is 0. The molecule has 1 aliphatic carbocycles. The number of carbonyl (C=O) groups excluding carboxylic acids is 1. The van der Waals surface area contributed by atoms with Crippen molar-refractivity contribution in [1.29, 1.82) is 0 Å². The fourth-order valence-corrected chi connectivity index (χ4v) is 1.58. The summed E-state index contributed by atoms with van der Waals surface area (Å²) in [6.45, 7) is 4.44. The summed E-state index contributed by atoms with van der Waals surface area (Å²) in [6, 6.07) is 0. The lowest BCUT2D eigenvalue weighted by atomic mass is 10.0.